The summed E-state index contributed by atoms with van der Waals surface area (Å²) in [6, 6.07) is 18.2. The van der Waals surface area contributed by atoms with Gasteiger partial charge in [0.05, 0.1) is 28.6 Å². The van der Waals surface area contributed by atoms with E-state index in [0.717, 1.165) is 26.2 Å². The highest BCUT2D eigenvalue weighted by atomic mass is 32.2. The molecule has 8 heteroatoms. The number of benzene rings is 2. The third-order valence-corrected chi connectivity index (χ3v) is 7.21. The summed E-state index contributed by atoms with van der Waals surface area (Å²) in [6.07, 6.45) is 0. The van der Waals surface area contributed by atoms with Crippen LogP contribution in [0.5, 0.6) is 0 Å². The Labute approximate surface area is 184 Å². The molecule has 30 heavy (non-hydrogen) atoms. The number of thiazole rings is 1. The third kappa shape index (κ3) is 4.39. The van der Waals surface area contributed by atoms with Crippen molar-refractivity contribution in [3.05, 3.63) is 71.0 Å². The molecule has 2 aromatic heterocycles. The quantitative estimate of drug-likeness (QED) is 0.397. The molecule has 0 aliphatic heterocycles. The first-order valence-electron chi connectivity index (χ1n) is 9.70. The number of aromatic nitrogens is 4. The SMILES string of the molecule is Cc1nnc(SCC(=O)N(C)C(C)c2nc3ccccc3s2)n1Cc1ccccc1. The lowest BCUT2D eigenvalue weighted by molar-refractivity contribution is -0.128. The van der Waals surface area contributed by atoms with E-state index >= 15 is 0 Å². The fourth-order valence-electron chi connectivity index (χ4n) is 3.09. The molecule has 1 atom stereocenters. The minimum Gasteiger partial charge on any atom is -0.336 e. The van der Waals surface area contributed by atoms with Gasteiger partial charge in [-0.05, 0) is 31.5 Å². The van der Waals surface area contributed by atoms with Crippen LogP contribution in [0.2, 0.25) is 0 Å². The second-order valence-electron chi connectivity index (χ2n) is 7.09. The number of carbonyl (C=O) groups is 1. The molecule has 0 saturated heterocycles. The Morgan fingerprint density at radius 2 is 1.87 bits per heavy atom. The predicted octanol–water partition coefficient (Wildman–Crippen LogP) is 4.56. The summed E-state index contributed by atoms with van der Waals surface area (Å²) in [5.41, 5.74) is 2.15. The van der Waals surface area contributed by atoms with E-state index in [0.29, 0.717) is 12.3 Å². The van der Waals surface area contributed by atoms with Crippen LogP contribution in [-0.2, 0) is 11.3 Å². The fourth-order valence-corrected chi connectivity index (χ4v) is 5.06. The predicted molar refractivity (Wildman–Crippen MR) is 122 cm³/mol. The third-order valence-electron chi connectivity index (χ3n) is 5.05. The molecule has 0 aliphatic rings. The van der Waals surface area contributed by atoms with Crippen molar-refractivity contribution >= 4 is 39.2 Å². The van der Waals surface area contributed by atoms with E-state index in [1.807, 2.05) is 61.9 Å². The number of hydrogen-bond donors (Lipinski definition) is 0. The Morgan fingerprint density at radius 1 is 1.13 bits per heavy atom. The highest BCUT2D eigenvalue weighted by Gasteiger charge is 2.22. The zero-order chi connectivity index (χ0) is 21.1. The number of amides is 1. The molecule has 154 valence electrons. The van der Waals surface area contributed by atoms with Crippen LogP contribution in [0.15, 0.2) is 59.8 Å². The minimum absolute atomic E-state index is 0.0404. The number of rotatable bonds is 7. The van der Waals surface area contributed by atoms with E-state index in [2.05, 4.69) is 28.4 Å². The van der Waals surface area contributed by atoms with E-state index in [9.17, 15) is 4.79 Å². The fraction of sp³-hybridized carbons (Fsp3) is 0.273. The first-order chi connectivity index (χ1) is 14.5. The van der Waals surface area contributed by atoms with Gasteiger partial charge in [0.1, 0.15) is 10.8 Å². The molecule has 2 aromatic carbocycles. The summed E-state index contributed by atoms with van der Waals surface area (Å²) < 4.78 is 3.18. The standard InChI is InChI=1S/C22H23N5OS2/c1-15(21-23-18-11-7-8-12-19(18)30-21)26(3)20(28)14-29-22-25-24-16(2)27(22)13-17-9-5-4-6-10-17/h4-12,15H,13-14H2,1-3H3. The van der Waals surface area contributed by atoms with Crippen molar-refractivity contribution in [2.45, 2.75) is 31.6 Å². The van der Waals surface area contributed by atoms with Crippen LogP contribution in [0.3, 0.4) is 0 Å². The van der Waals surface area contributed by atoms with E-state index in [1.165, 1.54) is 17.3 Å². The van der Waals surface area contributed by atoms with Crippen molar-refractivity contribution in [1.29, 1.82) is 0 Å². The minimum atomic E-state index is -0.0839. The smallest absolute Gasteiger partial charge is 0.233 e. The molecule has 0 aliphatic carbocycles. The molecule has 4 rings (SSSR count). The molecule has 0 saturated carbocycles. The summed E-state index contributed by atoms with van der Waals surface area (Å²) in [5, 5.41) is 10.2. The molecular formula is C22H23N5OS2. The average Bonchev–Trinajstić information content (AvgIpc) is 3.35. The summed E-state index contributed by atoms with van der Waals surface area (Å²) in [7, 11) is 1.83. The van der Waals surface area contributed by atoms with E-state index in [-0.39, 0.29) is 11.9 Å². The van der Waals surface area contributed by atoms with E-state index in [1.54, 1.807) is 16.2 Å². The first-order valence-corrected chi connectivity index (χ1v) is 11.5. The second-order valence-corrected chi connectivity index (χ2v) is 9.10. The van der Waals surface area contributed by atoms with E-state index in [4.69, 9.17) is 4.98 Å². The van der Waals surface area contributed by atoms with Crippen molar-refractivity contribution in [2.24, 2.45) is 0 Å². The zero-order valence-corrected chi connectivity index (χ0v) is 18.8. The molecule has 4 aromatic rings. The van der Waals surface area contributed by atoms with Crippen LogP contribution in [0.4, 0.5) is 0 Å². The van der Waals surface area contributed by atoms with Gasteiger partial charge in [0, 0.05) is 7.05 Å². The highest BCUT2D eigenvalue weighted by Crippen LogP contribution is 2.29. The zero-order valence-electron chi connectivity index (χ0n) is 17.1. The van der Waals surface area contributed by atoms with Crippen LogP contribution < -0.4 is 0 Å². The van der Waals surface area contributed by atoms with Crippen LogP contribution in [0.25, 0.3) is 10.2 Å². The van der Waals surface area contributed by atoms with Crippen molar-refractivity contribution in [1.82, 2.24) is 24.6 Å². The second kappa shape index (κ2) is 8.97. The number of thioether (sulfide) groups is 1. The molecule has 0 N–H and O–H groups in total. The molecule has 1 amide bonds. The van der Waals surface area contributed by atoms with E-state index < -0.39 is 0 Å². The van der Waals surface area contributed by atoms with Gasteiger partial charge in [-0.1, -0.05) is 54.2 Å². The van der Waals surface area contributed by atoms with Gasteiger partial charge >= 0.3 is 0 Å². The van der Waals surface area contributed by atoms with Gasteiger partial charge in [-0.3, -0.25) is 4.79 Å². The summed E-state index contributed by atoms with van der Waals surface area (Å²) >= 11 is 3.06. The Bertz CT molecular complexity index is 1120. The Kier molecular flexibility index (Phi) is 6.15. The number of nitrogens with zero attached hydrogens (tertiary/aromatic N) is 5. The molecule has 0 bridgehead atoms. The molecule has 0 radical (unpaired) electrons. The van der Waals surface area contributed by atoms with Crippen molar-refractivity contribution < 1.29 is 4.79 Å². The summed E-state index contributed by atoms with van der Waals surface area (Å²) in [4.78, 5) is 19.3. The summed E-state index contributed by atoms with van der Waals surface area (Å²) in [5.74, 6) is 1.18. The molecule has 6 nitrogen and oxygen atoms in total. The topological polar surface area (TPSA) is 63.9 Å². The normalized spacial score (nSPS) is 12.2. The van der Waals surface area contributed by atoms with Crippen LogP contribution in [0, 0.1) is 6.92 Å². The molecule has 1 unspecified atom stereocenters. The Hall–Kier alpha value is -2.71. The lowest BCUT2D eigenvalue weighted by Crippen LogP contribution is -2.31. The van der Waals surface area contributed by atoms with Crippen LogP contribution >= 0.6 is 23.1 Å². The number of hydrogen-bond acceptors (Lipinski definition) is 6. The van der Waals surface area contributed by atoms with Crippen LogP contribution in [0.1, 0.15) is 29.4 Å². The lowest BCUT2D eigenvalue weighted by Gasteiger charge is -2.23. The maximum atomic E-state index is 12.8. The van der Waals surface area contributed by atoms with Gasteiger partial charge < -0.3 is 9.47 Å². The van der Waals surface area contributed by atoms with Gasteiger partial charge in [0.15, 0.2) is 5.16 Å². The Balaban J connectivity index is 1.42. The average molecular weight is 438 g/mol. The maximum Gasteiger partial charge on any atom is 0.233 e. The van der Waals surface area contributed by atoms with Gasteiger partial charge in [-0.2, -0.15) is 0 Å². The largest absolute Gasteiger partial charge is 0.336 e. The maximum absolute atomic E-state index is 12.8. The highest BCUT2D eigenvalue weighted by molar-refractivity contribution is 7.99. The number of para-hydroxylation sites is 1. The van der Waals surface area contributed by atoms with Crippen molar-refractivity contribution in [2.75, 3.05) is 12.8 Å². The molecule has 0 spiro atoms. The van der Waals surface area contributed by atoms with Gasteiger partial charge in [0.2, 0.25) is 5.91 Å². The number of aryl methyl sites for hydroxylation is 1. The number of fused-ring (bicyclic) bond motifs is 1. The van der Waals surface area contributed by atoms with Crippen LogP contribution in [-0.4, -0.2) is 43.4 Å². The van der Waals surface area contributed by atoms with Crippen molar-refractivity contribution in [3.8, 4) is 0 Å². The van der Waals surface area contributed by atoms with Gasteiger partial charge in [0.25, 0.3) is 0 Å². The Morgan fingerprint density at radius 3 is 2.63 bits per heavy atom. The first kappa shape index (κ1) is 20.6. The molecular weight excluding hydrogens is 414 g/mol. The molecule has 0 fully saturated rings. The van der Waals surface area contributed by atoms with Gasteiger partial charge in [-0.15, -0.1) is 21.5 Å². The molecule has 2 heterocycles. The van der Waals surface area contributed by atoms with Crippen molar-refractivity contribution in [3.63, 3.8) is 0 Å². The van der Waals surface area contributed by atoms with Gasteiger partial charge in [-0.25, -0.2) is 4.98 Å². The monoisotopic (exact) mass is 437 g/mol. The summed E-state index contributed by atoms with van der Waals surface area (Å²) in [6.45, 7) is 4.64. The lowest BCUT2D eigenvalue weighted by atomic mass is 10.2. The number of carbonyl (C=O) groups excluding carboxylic acids is 1.